The first kappa shape index (κ1) is 16.5. The van der Waals surface area contributed by atoms with Crippen LogP contribution in [0, 0.1) is 10.1 Å². The largest absolute Gasteiger partial charge is 0.454 e. The zero-order valence-corrected chi connectivity index (χ0v) is 15.0. The van der Waals surface area contributed by atoms with Gasteiger partial charge < -0.3 is 4.74 Å². The quantitative estimate of drug-likeness (QED) is 0.306. The summed E-state index contributed by atoms with van der Waals surface area (Å²) < 4.78 is 6.62. The van der Waals surface area contributed by atoms with Crippen LogP contribution < -0.4 is 4.74 Å². The number of hydrogen-bond acceptors (Lipinski definition) is 3. The summed E-state index contributed by atoms with van der Waals surface area (Å²) in [6.07, 6.45) is 0. The molecule has 0 unspecified atom stereocenters. The van der Waals surface area contributed by atoms with Gasteiger partial charge in [-0.3, -0.25) is 10.1 Å². The summed E-state index contributed by atoms with van der Waals surface area (Å²) in [4.78, 5) is 10.2. The Morgan fingerprint density at radius 1 is 1.19 bits per heavy atom. The summed E-state index contributed by atoms with van der Waals surface area (Å²) >= 11 is 18.8. The molecule has 0 atom stereocenters. The molecule has 8 heteroatoms. The van der Waals surface area contributed by atoms with E-state index in [1.54, 1.807) is 6.07 Å². The Labute approximate surface area is 147 Å². The second-order valence-electron chi connectivity index (χ2n) is 3.98. The fourth-order valence-corrected chi connectivity index (χ4v) is 3.01. The maximum atomic E-state index is 10.7. The van der Waals surface area contributed by atoms with E-state index in [0.29, 0.717) is 11.1 Å². The average molecular weight is 456 g/mol. The smallest absolute Gasteiger partial charge is 0.272 e. The van der Waals surface area contributed by atoms with Crippen molar-refractivity contribution >= 4 is 60.7 Å². The van der Waals surface area contributed by atoms with E-state index in [1.807, 2.05) is 12.1 Å². The number of benzene rings is 2. The van der Waals surface area contributed by atoms with Crippen molar-refractivity contribution in [2.75, 3.05) is 0 Å². The summed E-state index contributed by atoms with van der Waals surface area (Å²) in [5.74, 6) is 0.751. The normalized spacial score (nSPS) is 10.5. The molecule has 21 heavy (non-hydrogen) atoms. The third kappa shape index (κ3) is 3.88. The molecule has 0 heterocycles. The molecule has 0 radical (unpaired) electrons. The molecule has 0 amide bonds. The molecule has 2 rings (SSSR count). The molecule has 0 N–H and O–H groups in total. The van der Waals surface area contributed by atoms with Crippen molar-refractivity contribution in [3.05, 3.63) is 60.5 Å². The lowest BCUT2D eigenvalue weighted by Gasteiger charge is -2.12. The molecule has 0 saturated heterocycles. The summed E-state index contributed by atoms with van der Waals surface area (Å²) in [6, 6.07) is 7.87. The van der Waals surface area contributed by atoms with Crippen molar-refractivity contribution in [1.29, 1.82) is 0 Å². The highest BCUT2D eigenvalue weighted by molar-refractivity contribution is 9.10. The number of nitro benzene ring substituents is 1. The van der Waals surface area contributed by atoms with Crippen LogP contribution in [0.15, 0.2) is 34.8 Å². The highest BCUT2D eigenvalue weighted by Gasteiger charge is 2.17. The van der Waals surface area contributed by atoms with E-state index in [0.717, 1.165) is 10.0 Å². The molecule has 0 fully saturated rings. The lowest BCUT2D eigenvalue weighted by atomic mass is 10.2. The first-order valence-electron chi connectivity index (χ1n) is 5.58. The monoisotopic (exact) mass is 453 g/mol. The zero-order valence-electron chi connectivity index (χ0n) is 10.3. The van der Waals surface area contributed by atoms with Gasteiger partial charge >= 0.3 is 0 Å². The zero-order chi connectivity index (χ0) is 15.6. The highest BCUT2D eigenvalue weighted by atomic mass is 79.9. The second-order valence-corrected chi connectivity index (χ2v) is 6.27. The molecule has 2 aromatic rings. The Morgan fingerprint density at radius 3 is 2.33 bits per heavy atom. The van der Waals surface area contributed by atoms with Crippen LogP contribution in [0.1, 0.15) is 5.56 Å². The highest BCUT2D eigenvalue weighted by Crippen LogP contribution is 2.40. The van der Waals surface area contributed by atoms with Crippen LogP contribution in [0.25, 0.3) is 0 Å². The fraction of sp³-hybridized carbons (Fsp3) is 0.0769. The SMILES string of the molecule is O=[N+]([O-])c1cc(Cl)c(Oc2ccc(Br)cc2CBr)c(Cl)c1. The van der Waals surface area contributed by atoms with Crippen molar-refractivity contribution < 1.29 is 9.66 Å². The van der Waals surface area contributed by atoms with Crippen LogP contribution in [-0.2, 0) is 5.33 Å². The number of nitro groups is 1. The molecule has 0 aromatic heterocycles. The van der Waals surface area contributed by atoms with Gasteiger partial charge in [0.2, 0.25) is 0 Å². The van der Waals surface area contributed by atoms with Gasteiger partial charge in [-0.05, 0) is 18.2 Å². The second kappa shape index (κ2) is 6.96. The predicted molar refractivity (Wildman–Crippen MR) is 90.0 cm³/mol. The van der Waals surface area contributed by atoms with Gasteiger partial charge in [0, 0.05) is 27.5 Å². The van der Waals surface area contributed by atoms with Gasteiger partial charge in [0.15, 0.2) is 5.75 Å². The van der Waals surface area contributed by atoms with Crippen LogP contribution >= 0.6 is 55.1 Å². The van der Waals surface area contributed by atoms with Gasteiger partial charge in [0.05, 0.1) is 15.0 Å². The van der Waals surface area contributed by atoms with Gasteiger partial charge in [-0.1, -0.05) is 55.1 Å². The summed E-state index contributed by atoms with van der Waals surface area (Å²) in [7, 11) is 0. The first-order valence-corrected chi connectivity index (χ1v) is 8.25. The predicted octanol–water partition coefficient (Wildman–Crippen LogP) is 6.35. The van der Waals surface area contributed by atoms with E-state index in [4.69, 9.17) is 27.9 Å². The number of rotatable bonds is 4. The molecule has 110 valence electrons. The van der Waals surface area contributed by atoms with Crippen molar-refractivity contribution in [2.24, 2.45) is 0 Å². The number of nitrogens with zero attached hydrogens (tertiary/aromatic N) is 1. The van der Waals surface area contributed by atoms with Gasteiger partial charge in [-0.25, -0.2) is 0 Å². The number of hydrogen-bond donors (Lipinski definition) is 0. The van der Waals surface area contributed by atoms with Gasteiger partial charge in [-0.15, -0.1) is 0 Å². The molecule has 0 aliphatic heterocycles. The van der Waals surface area contributed by atoms with Gasteiger partial charge in [0.1, 0.15) is 5.75 Å². The van der Waals surface area contributed by atoms with Crippen LogP contribution in [0.4, 0.5) is 5.69 Å². The molecular formula is C13H7Br2Cl2NO3. The average Bonchev–Trinajstić information content (AvgIpc) is 2.43. The van der Waals surface area contributed by atoms with E-state index in [9.17, 15) is 10.1 Å². The Kier molecular flexibility index (Phi) is 5.48. The molecule has 0 bridgehead atoms. The molecule has 0 aliphatic rings. The fourth-order valence-electron chi connectivity index (χ4n) is 1.61. The first-order chi connectivity index (χ1) is 9.92. The van der Waals surface area contributed by atoms with E-state index in [1.165, 1.54) is 12.1 Å². The number of ether oxygens (including phenoxy) is 1. The van der Waals surface area contributed by atoms with Crippen molar-refractivity contribution in [1.82, 2.24) is 0 Å². The number of non-ortho nitro benzene ring substituents is 1. The minimum absolute atomic E-state index is 0.0811. The van der Waals surface area contributed by atoms with E-state index in [-0.39, 0.29) is 21.5 Å². The Balaban J connectivity index is 2.43. The number of alkyl halides is 1. The van der Waals surface area contributed by atoms with Crippen molar-refractivity contribution in [3.8, 4) is 11.5 Å². The minimum Gasteiger partial charge on any atom is -0.454 e. The summed E-state index contributed by atoms with van der Waals surface area (Å²) in [6.45, 7) is 0. The van der Waals surface area contributed by atoms with E-state index < -0.39 is 4.92 Å². The molecule has 0 saturated carbocycles. The van der Waals surface area contributed by atoms with E-state index in [2.05, 4.69) is 31.9 Å². The Morgan fingerprint density at radius 2 is 1.81 bits per heavy atom. The summed E-state index contributed by atoms with van der Waals surface area (Å²) in [5, 5.41) is 11.5. The molecule has 4 nitrogen and oxygen atoms in total. The lowest BCUT2D eigenvalue weighted by Crippen LogP contribution is -1.93. The third-order valence-corrected chi connectivity index (χ3v) is 4.23. The van der Waals surface area contributed by atoms with Gasteiger partial charge in [0.25, 0.3) is 5.69 Å². The third-order valence-electron chi connectivity index (χ3n) is 2.57. The maximum Gasteiger partial charge on any atom is 0.272 e. The van der Waals surface area contributed by atoms with Crippen LogP contribution in [0.3, 0.4) is 0 Å². The van der Waals surface area contributed by atoms with Crippen LogP contribution in [0.2, 0.25) is 10.0 Å². The van der Waals surface area contributed by atoms with Crippen molar-refractivity contribution in [3.63, 3.8) is 0 Å². The topological polar surface area (TPSA) is 52.4 Å². The van der Waals surface area contributed by atoms with Crippen LogP contribution in [-0.4, -0.2) is 4.92 Å². The number of halogens is 4. The Bertz CT molecular complexity index is 687. The van der Waals surface area contributed by atoms with E-state index >= 15 is 0 Å². The standard InChI is InChI=1S/C13H7Br2Cl2NO3/c14-6-7-3-8(15)1-2-12(7)21-13-10(16)4-9(18(19)20)5-11(13)17/h1-5H,6H2. The minimum atomic E-state index is -0.564. The lowest BCUT2D eigenvalue weighted by molar-refractivity contribution is -0.384. The van der Waals surface area contributed by atoms with Crippen LogP contribution in [0.5, 0.6) is 11.5 Å². The molecule has 0 spiro atoms. The van der Waals surface area contributed by atoms with Crippen molar-refractivity contribution in [2.45, 2.75) is 5.33 Å². The molecular weight excluding hydrogens is 449 g/mol. The molecule has 2 aromatic carbocycles. The van der Waals surface area contributed by atoms with Gasteiger partial charge in [-0.2, -0.15) is 0 Å². The molecule has 0 aliphatic carbocycles. The maximum absolute atomic E-state index is 10.7. The Hall–Kier alpha value is -0.820. The summed E-state index contributed by atoms with van der Waals surface area (Å²) in [5.41, 5.74) is 0.698.